The number of ketones is 1. The third kappa shape index (κ3) is 2.57. The van der Waals surface area contributed by atoms with Gasteiger partial charge in [0.05, 0.1) is 15.6 Å². The van der Waals surface area contributed by atoms with Crippen LogP contribution >= 0.6 is 23.2 Å². The van der Waals surface area contributed by atoms with E-state index in [1.54, 1.807) is 0 Å². The molecule has 7 heteroatoms. The molecule has 1 aromatic carbocycles. The molecule has 0 saturated carbocycles. The van der Waals surface area contributed by atoms with Gasteiger partial charge in [-0.2, -0.15) is 0 Å². The Labute approximate surface area is 115 Å². The summed E-state index contributed by atoms with van der Waals surface area (Å²) in [6.45, 7) is 0. The third-order valence-electron chi connectivity index (χ3n) is 2.30. The molecule has 0 N–H and O–H groups in total. The molecular formula is C12H4Cl2F3NO. The first-order chi connectivity index (χ1) is 8.91. The predicted molar refractivity (Wildman–Crippen MR) is 64.0 cm³/mol. The summed E-state index contributed by atoms with van der Waals surface area (Å²) in [7, 11) is 0. The molecule has 0 aliphatic heterocycles. The van der Waals surface area contributed by atoms with Crippen LogP contribution in [0.1, 0.15) is 16.1 Å². The Morgan fingerprint density at radius 1 is 1.11 bits per heavy atom. The van der Waals surface area contributed by atoms with Gasteiger partial charge in [-0.25, -0.2) is 18.2 Å². The highest BCUT2D eigenvalue weighted by atomic mass is 35.5. The standard InChI is InChI=1S/C12H4Cl2F3NO/c13-5-3-7(14)11(18-4-5)12(19)6-1-2-8(15)10(17)9(6)16/h1-4H. The second-order valence-corrected chi connectivity index (χ2v) is 4.38. The fourth-order valence-electron chi connectivity index (χ4n) is 1.41. The molecule has 19 heavy (non-hydrogen) atoms. The van der Waals surface area contributed by atoms with E-state index in [9.17, 15) is 18.0 Å². The van der Waals surface area contributed by atoms with Crippen LogP contribution in [0.15, 0.2) is 24.4 Å². The van der Waals surface area contributed by atoms with Crippen LogP contribution in [0.3, 0.4) is 0 Å². The fraction of sp³-hybridized carbons (Fsp3) is 0. The topological polar surface area (TPSA) is 30.0 Å². The second-order valence-electron chi connectivity index (χ2n) is 3.54. The van der Waals surface area contributed by atoms with Crippen molar-refractivity contribution in [2.24, 2.45) is 0 Å². The molecule has 0 radical (unpaired) electrons. The van der Waals surface area contributed by atoms with Crippen molar-refractivity contribution in [3.63, 3.8) is 0 Å². The first-order valence-corrected chi connectivity index (χ1v) is 5.66. The van der Waals surface area contributed by atoms with Crippen LogP contribution in [0.25, 0.3) is 0 Å². The largest absolute Gasteiger partial charge is 0.287 e. The molecule has 0 fully saturated rings. The van der Waals surface area contributed by atoms with Crippen molar-refractivity contribution < 1.29 is 18.0 Å². The van der Waals surface area contributed by atoms with Crippen molar-refractivity contribution in [1.29, 1.82) is 0 Å². The zero-order valence-corrected chi connectivity index (χ0v) is 10.6. The van der Waals surface area contributed by atoms with Gasteiger partial charge in [-0.3, -0.25) is 4.79 Å². The Morgan fingerprint density at radius 2 is 1.79 bits per heavy atom. The van der Waals surface area contributed by atoms with Crippen molar-refractivity contribution in [2.75, 3.05) is 0 Å². The Hall–Kier alpha value is -1.59. The summed E-state index contributed by atoms with van der Waals surface area (Å²) >= 11 is 11.3. The van der Waals surface area contributed by atoms with Crippen LogP contribution in [0.2, 0.25) is 10.0 Å². The van der Waals surface area contributed by atoms with Gasteiger partial charge >= 0.3 is 0 Å². The van der Waals surface area contributed by atoms with E-state index in [1.807, 2.05) is 0 Å². The summed E-state index contributed by atoms with van der Waals surface area (Å²) in [6.07, 6.45) is 1.14. The van der Waals surface area contributed by atoms with Crippen molar-refractivity contribution >= 4 is 29.0 Å². The Kier molecular flexibility index (Phi) is 3.78. The van der Waals surface area contributed by atoms with Gasteiger partial charge in [0.2, 0.25) is 5.78 Å². The van der Waals surface area contributed by atoms with Gasteiger partial charge in [-0.15, -0.1) is 0 Å². The molecule has 0 atom stereocenters. The van der Waals surface area contributed by atoms with Crippen LogP contribution in [-0.2, 0) is 0 Å². The molecule has 0 aliphatic carbocycles. The molecule has 1 aromatic heterocycles. The van der Waals surface area contributed by atoms with Gasteiger partial charge in [0.1, 0.15) is 5.69 Å². The van der Waals surface area contributed by atoms with E-state index in [4.69, 9.17) is 23.2 Å². The molecule has 0 saturated heterocycles. The van der Waals surface area contributed by atoms with Crippen molar-refractivity contribution in [3.05, 3.63) is 63.2 Å². The maximum absolute atomic E-state index is 13.5. The molecule has 2 nitrogen and oxygen atoms in total. The molecule has 2 rings (SSSR count). The summed E-state index contributed by atoms with van der Waals surface area (Å²) in [4.78, 5) is 15.6. The van der Waals surface area contributed by atoms with Gasteiger partial charge in [-0.05, 0) is 18.2 Å². The van der Waals surface area contributed by atoms with E-state index in [2.05, 4.69) is 4.98 Å². The van der Waals surface area contributed by atoms with Crippen LogP contribution in [0.5, 0.6) is 0 Å². The van der Waals surface area contributed by atoms with Crippen molar-refractivity contribution in [3.8, 4) is 0 Å². The third-order valence-corrected chi connectivity index (χ3v) is 2.80. The minimum absolute atomic E-state index is 0.110. The number of benzene rings is 1. The number of carbonyl (C=O) groups excluding carboxylic acids is 1. The highest BCUT2D eigenvalue weighted by Crippen LogP contribution is 2.23. The van der Waals surface area contributed by atoms with E-state index < -0.39 is 28.8 Å². The lowest BCUT2D eigenvalue weighted by molar-refractivity contribution is 0.102. The minimum Gasteiger partial charge on any atom is -0.287 e. The van der Waals surface area contributed by atoms with Gasteiger partial charge in [-0.1, -0.05) is 23.2 Å². The predicted octanol–water partition coefficient (Wildman–Crippen LogP) is 4.04. The molecule has 1 heterocycles. The van der Waals surface area contributed by atoms with Crippen LogP contribution < -0.4 is 0 Å². The molecule has 0 aliphatic rings. The summed E-state index contributed by atoms with van der Waals surface area (Å²) < 4.78 is 39.3. The normalized spacial score (nSPS) is 10.6. The number of rotatable bonds is 2. The number of pyridine rings is 1. The van der Waals surface area contributed by atoms with E-state index in [0.717, 1.165) is 12.3 Å². The first kappa shape index (κ1) is 13.8. The lowest BCUT2D eigenvalue weighted by Gasteiger charge is -2.05. The smallest absolute Gasteiger partial charge is 0.215 e. The summed E-state index contributed by atoms with van der Waals surface area (Å²) in [6, 6.07) is 2.71. The van der Waals surface area contributed by atoms with Gasteiger partial charge in [0.15, 0.2) is 17.5 Å². The zero-order chi connectivity index (χ0) is 14.2. The lowest BCUT2D eigenvalue weighted by atomic mass is 10.1. The molecule has 98 valence electrons. The Bertz CT molecular complexity index is 676. The number of nitrogens with zero attached hydrogens (tertiary/aromatic N) is 1. The summed E-state index contributed by atoms with van der Waals surface area (Å²) in [5.41, 5.74) is -0.952. The average Bonchev–Trinajstić information content (AvgIpc) is 2.35. The van der Waals surface area contributed by atoms with E-state index >= 15 is 0 Å². The molecule has 2 aromatic rings. The van der Waals surface area contributed by atoms with Crippen molar-refractivity contribution in [2.45, 2.75) is 0 Å². The number of carbonyl (C=O) groups is 1. The molecule has 0 spiro atoms. The molecular weight excluding hydrogens is 302 g/mol. The van der Waals surface area contributed by atoms with Crippen LogP contribution in [-0.4, -0.2) is 10.8 Å². The van der Waals surface area contributed by atoms with E-state index in [0.29, 0.717) is 6.07 Å². The highest BCUT2D eigenvalue weighted by Gasteiger charge is 2.22. The number of halogens is 5. The van der Waals surface area contributed by atoms with Gasteiger partial charge in [0, 0.05) is 6.20 Å². The maximum Gasteiger partial charge on any atom is 0.215 e. The number of aromatic nitrogens is 1. The number of hydrogen-bond acceptors (Lipinski definition) is 2. The van der Waals surface area contributed by atoms with E-state index in [-0.39, 0.29) is 15.7 Å². The van der Waals surface area contributed by atoms with Crippen molar-refractivity contribution in [1.82, 2.24) is 4.98 Å². The fourth-order valence-corrected chi connectivity index (χ4v) is 1.88. The quantitative estimate of drug-likeness (QED) is 0.619. The Balaban J connectivity index is 2.53. The SMILES string of the molecule is O=C(c1ccc(F)c(F)c1F)c1ncc(Cl)cc1Cl. The average molecular weight is 306 g/mol. The highest BCUT2D eigenvalue weighted by molar-refractivity contribution is 6.37. The Morgan fingerprint density at radius 3 is 2.42 bits per heavy atom. The van der Waals surface area contributed by atoms with Gasteiger partial charge in [0.25, 0.3) is 0 Å². The molecule has 0 unspecified atom stereocenters. The van der Waals surface area contributed by atoms with Crippen LogP contribution in [0, 0.1) is 17.5 Å². The minimum atomic E-state index is -1.73. The summed E-state index contributed by atoms with van der Waals surface area (Å²) in [5.74, 6) is -5.66. The second kappa shape index (κ2) is 5.19. The van der Waals surface area contributed by atoms with Gasteiger partial charge < -0.3 is 0 Å². The summed E-state index contributed by atoms with van der Waals surface area (Å²) in [5, 5.41) is 0.0777. The van der Waals surface area contributed by atoms with E-state index in [1.165, 1.54) is 6.07 Å². The van der Waals surface area contributed by atoms with Crippen LogP contribution in [0.4, 0.5) is 13.2 Å². The maximum atomic E-state index is 13.5. The molecule has 0 amide bonds. The molecule has 0 bridgehead atoms. The monoisotopic (exact) mass is 305 g/mol. The number of hydrogen-bond donors (Lipinski definition) is 0. The first-order valence-electron chi connectivity index (χ1n) is 4.91. The zero-order valence-electron chi connectivity index (χ0n) is 9.05. The lowest BCUT2D eigenvalue weighted by Crippen LogP contribution is -2.09.